The van der Waals surface area contributed by atoms with E-state index in [2.05, 4.69) is 14.5 Å². The number of carbonyl (C=O) groups excluding carboxylic acids is 2. The second-order valence-electron chi connectivity index (χ2n) is 7.73. The van der Waals surface area contributed by atoms with Crippen molar-refractivity contribution in [3.8, 4) is 5.75 Å². The van der Waals surface area contributed by atoms with E-state index >= 15 is 0 Å². The molecule has 1 amide bonds. The van der Waals surface area contributed by atoms with Gasteiger partial charge in [-0.15, -0.1) is 0 Å². The van der Waals surface area contributed by atoms with Gasteiger partial charge in [-0.25, -0.2) is 10.3 Å². The smallest absolute Gasteiger partial charge is 0.429 e. The molecule has 0 aliphatic carbocycles. The first-order valence-corrected chi connectivity index (χ1v) is 12.1. The molecule has 210 valence electrons. The molecule has 0 unspecified atom stereocenters. The number of aliphatic imine (C=N–C) groups is 1. The fraction of sp³-hybridized carbons (Fsp3) is 0.421. The SMILES string of the molecule is COC(=O)[C@H](CCCCN=C(N)NO)NC(=O)C1=Cc2cc(S(F)(F)(F)(F)F)ccc2O[C@@H]1C(F)(F)F. The third-order valence-electron chi connectivity index (χ3n) is 4.91. The number of alkyl halides is 3. The number of fused-ring (bicyclic) bond motifs is 1. The molecule has 1 aromatic rings. The van der Waals surface area contributed by atoms with E-state index in [-0.39, 0.29) is 43.9 Å². The number of benzene rings is 1. The van der Waals surface area contributed by atoms with Gasteiger partial charge in [-0.3, -0.25) is 15.0 Å². The fourth-order valence-corrected chi connectivity index (χ4v) is 3.85. The van der Waals surface area contributed by atoms with Crippen molar-refractivity contribution >= 4 is 34.1 Å². The molecule has 0 radical (unpaired) electrons. The molecule has 2 rings (SSSR count). The van der Waals surface area contributed by atoms with E-state index in [1.807, 2.05) is 5.32 Å². The zero-order valence-corrected chi connectivity index (χ0v) is 19.6. The average Bonchev–Trinajstić information content (AvgIpc) is 2.78. The zero-order chi connectivity index (χ0) is 28.3. The molecule has 0 bridgehead atoms. The summed E-state index contributed by atoms with van der Waals surface area (Å²) >= 11 is 0. The highest BCUT2D eigenvalue weighted by Crippen LogP contribution is 3.02. The first-order chi connectivity index (χ1) is 16.8. The second-order valence-corrected chi connectivity index (χ2v) is 10.1. The molecule has 1 aromatic carbocycles. The Morgan fingerprint density at radius 1 is 1.22 bits per heavy atom. The zero-order valence-electron chi connectivity index (χ0n) is 18.8. The number of carbonyl (C=O) groups is 2. The lowest BCUT2D eigenvalue weighted by Crippen LogP contribution is -2.48. The van der Waals surface area contributed by atoms with Crippen LogP contribution >= 0.6 is 10.2 Å². The Balaban J connectivity index is 2.35. The molecule has 9 nitrogen and oxygen atoms in total. The number of esters is 1. The highest BCUT2D eigenvalue weighted by molar-refractivity contribution is 8.45. The Morgan fingerprint density at radius 2 is 1.86 bits per heavy atom. The summed E-state index contributed by atoms with van der Waals surface area (Å²) in [6.07, 6.45) is -7.60. The predicted octanol–water partition coefficient (Wildman–Crippen LogP) is 4.17. The monoisotopic (exact) mass is 570 g/mol. The minimum absolute atomic E-state index is 0.0711. The maximum absolute atomic E-state index is 13.6. The summed E-state index contributed by atoms with van der Waals surface area (Å²) in [4.78, 5) is 26.0. The average molecular weight is 570 g/mol. The Kier molecular flexibility index (Phi) is 8.00. The Bertz CT molecular complexity index is 1110. The van der Waals surface area contributed by atoms with Gasteiger partial charge < -0.3 is 20.5 Å². The van der Waals surface area contributed by atoms with E-state index in [1.54, 1.807) is 5.48 Å². The van der Waals surface area contributed by atoms with Crippen molar-refractivity contribution in [2.75, 3.05) is 13.7 Å². The number of hydroxylamine groups is 1. The van der Waals surface area contributed by atoms with E-state index in [4.69, 9.17) is 10.9 Å². The van der Waals surface area contributed by atoms with Gasteiger partial charge in [-0.1, -0.05) is 19.4 Å². The van der Waals surface area contributed by atoms with Crippen LogP contribution in [0.5, 0.6) is 5.75 Å². The van der Waals surface area contributed by atoms with Gasteiger partial charge in [-0.2, -0.15) is 13.2 Å². The normalized spacial score (nSPS) is 18.8. The fourth-order valence-electron chi connectivity index (χ4n) is 3.18. The highest BCUT2D eigenvalue weighted by atomic mass is 32.5. The molecule has 0 saturated carbocycles. The van der Waals surface area contributed by atoms with Crippen molar-refractivity contribution in [1.29, 1.82) is 0 Å². The lowest BCUT2D eigenvalue weighted by Gasteiger charge is -2.41. The van der Waals surface area contributed by atoms with Crippen LogP contribution in [0.15, 0.2) is 33.7 Å². The van der Waals surface area contributed by atoms with Crippen molar-refractivity contribution in [1.82, 2.24) is 10.8 Å². The Labute approximate surface area is 204 Å². The molecule has 18 heteroatoms. The number of rotatable bonds is 9. The summed E-state index contributed by atoms with van der Waals surface area (Å²) in [5, 5.41) is 10.5. The molecule has 5 N–H and O–H groups in total. The summed E-state index contributed by atoms with van der Waals surface area (Å²) in [7, 11) is -9.25. The maximum atomic E-state index is 13.6. The Morgan fingerprint density at radius 3 is 2.41 bits per heavy atom. The van der Waals surface area contributed by atoms with Crippen molar-refractivity contribution in [3.63, 3.8) is 0 Å². The Hall–Kier alpha value is -3.28. The lowest BCUT2D eigenvalue weighted by molar-refractivity contribution is -0.185. The number of hydrogen-bond acceptors (Lipinski definition) is 6. The summed E-state index contributed by atoms with van der Waals surface area (Å²) in [6.45, 7) is 0.0711. The first-order valence-electron chi connectivity index (χ1n) is 10.2. The molecule has 1 heterocycles. The number of guanidine groups is 1. The number of unbranched alkanes of at least 4 members (excludes halogenated alkanes) is 1. The van der Waals surface area contributed by atoms with Gasteiger partial charge in [0.2, 0.25) is 12.1 Å². The largest absolute Gasteiger partial charge is 0.475 e. The molecule has 1 aliphatic heterocycles. The van der Waals surface area contributed by atoms with Crippen LogP contribution in [0, 0.1) is 0 Å². The summed E-state index contributed by atoms with van der Waals surface area (Å²) in [6, 6.07) is -1.43. The van der Waals surface area contributed by atoms with Crippen molar-refractivity contribution in [3.05, 3.63) is 29.3 Å². The number of nitrogens with zero attached hydrogens (tertiary/aromatic N) is 1. The van der Waals surface area contributed by atoms with Gasteiger partial charge in [0.15, 0.2) is 0 Å². The molecule has 0 fully saturated rings. The van der Waals surface area contributed by atoms with E-state index in [1.165, 1.54) is 0 Å². The van der Waals surface area contributed by atoms with Crippen molar-refractivity contribution in [2.45, 2.75) is 42.5 Å². The summed E-state index contributed by atoms with van der Waals surface area (Å²) in [5.74, 6) is -3.70. The van der Waals surface area contributed by atoms with E-state index < -0.39 is 62.2 Å². The van der Waals surface area contributed by atoms with E-state index in [0.29, 0.717) is 12.1 Å². The molecule has 0 aromatic heterocycles. The number of amides is 1. The van der Waals surface area contributed by atoms with Gasteiger partial charge in [-0.05, 0) is 43.5 Å². The minimum Gasteiger partial charge on any atom is -0.475 e. The third-order valence-corrected chi connectivity index (χ3v) is 6.06. The minimum atomic E-state index is -10.2. The van der Waals surface area contributed by atoms with Crippen LogP contribution in [0.25, 0.3) is 6.08 Å². The second kappa shape index (κ2) is 9.88. The molecule has 1 aliphatic rings. The quantitative estimate of drug-likeness (QED) is 0.0874. The maximum Gasteiger partial charge on any atom is 0.429 e. The summed E-state index contributed by atoms with van der Waals surface area (Å²) < 4.78 is 116. The van der Waals surface area contributed by atoms with Gasteiger partial charge in [0.1, 0.15) is 16.7 Å². The molecular weight excluding hydrogens is 548 g/mol. The lowest BCUT2D eigenvalue weighted by atomic mass is 9.99. The predicted molar refractivity (Wildman–Crippen MR) is 115 cm³/mol. The number of hydrogen-bond donors (Lipinski definition) is 4. The highest BCUT2D eigenvalue weighted by Gasteiger charge is 2.65. The number of halogens is 8. The third kappa shape index (κ3) is 8.11. The molecule has 37 heavy (non-hydrogen) atoms. The van der Waals surface area contributed by atoms with Gasteiger partial charge in [0.05, 0.1) is 12.7 Å². The van der Waals surface area contributed by atoms with Gasteiger partial charge in [0, 0.05) is 12.1 Å². The molecule has 2 atom stereocenters. The number of nitrogens with one attached hydrogen (secondary N) is 2. The number of methoxy groups -OCH3 is 1. The van der Waals surface area contributed by atoms with E-state index in [0.717, 1.165) is 7.11 Å². The van der Waals surface area contributed by atoms with Crippen LogP contribution in [-0.2, 0) is 14.3 Å². The van der Waals surface area contributed by atoms with Gasteiger partial charge >= 0.3 is 22.4 Å². The van der Waals surface area contributed by atoms with Crippen LogP contribution in [0.3, 0.4) is 0 Å². The molecular formula is C19H22F8N4O5S. The van der Waals surface area contributed by atoms with E-state index in [9.17, 15) is 42.2 Å². The standard InChI is InChI=1S/C19H22F8N4O5S/c1-35-17(33)13(4-2-3-7-29-18(28)31-34)30-16(32)12-9-10-8-11(37(23,24,25,26)27)5-6-14(10)36-15(12)19(20,21)22/h5-6,8-9,13,15,34H,2-4,7H2,1H3,(H,30,32)(H3,28,29,31)/t13-,15-/m0/s1. The van der Waals surface area contributed by atoms with Crippen LogP contribution in [-0.4, -0.2) is 55.0 Å². The molecule has 0 spiro atoms. The van der Waals surface area contributed by atoms with Gasteiger partial charge in [0.25, 0.3) is 5.91 Å². The van der Waals surface area contributed by atoms with Crippen LogP contribution in [0.4, 0.5) is 32.6 Å². The molecule has 0 saturated heterocycles. The number of ether oxygens (including phenoxy) is 2. The topological polar surface area (TPSA) is 135 Å². The van der Waals surface area contributed by atoms with Crippen LogP contribution in [0.1, 0.15) is 24.8 Å². The number of nitrogens with two attached hydrogens (primary N) is 1. The van der Waals surface area contributed by atoms with Crippen LogP contribution < -0.4 is 21.3 Å². The van der Waals surface area contributed by atoms with Crippen molar-refractivity contribution < 1.29 is 56.9 Å². The van der Waals surface area contributed by atoms with Crippen molar-refractivity contribution in [2.24, 2.45) is 10.7 Å². The van der Waals surface area contributed by atoms with Crippen LogP contribution in [0.2, 0.25) is 0 Å². The first kappa shape index (κ1) is 29.9. The summed E-state index contributed by atoms with van der Waals surface area (Å²) in [5.41, 5.74) is 4.67.